The maximum atomic E-state index is 13.5. The summed E-state index contributed by atoms with van der Waals surface area (Å²) in [5, 5.41) is 2.29. The second kappa shape index (κ2) is 8.45. The Hall–Kier alpha value is -2.84. The molecule has 28 heavy (non-hydrogen) atoms. The van der Waals surface area contributed by atoms with Crippen LogP contribution in [-0.2, 0) is 9.59 Å². The molecule has 0 bridgehead atoms. The number of ether oxygens (including phenoxy) is 1. The minimum absolute atomic E-state index is 0.0578. The van der Waals surface area contributed by atoms with Crippen LogP contribution in [0, 0.1) is 5.82 Å². The van der Waals surface area contributed by atoms with Crippen LogP contribution in [-0.4, -0.2) is 35.6 Å². The zero-order chi connectivity index (χ0) is 20.3. The molecule has 1 N–H and O–H groups in total. The van der Waals surface area contributed by atoms with Crippen molar-refractivity contribution in [3.05, 3.63) is 63.8 Å². The summed E-state index contributed by atoms with van der Waals surface area (Å²) in [5.41, 5.74) is 0.662. The maximum Gasteiger partial charge on any atom is 0.293 e. The minimum atomic E-state index is -0.547. The first kappa shape index (κ1) is 19.9. The van der Waals surface area contributed by atoms with Gasteiger partial charge in [-0.2, -0.15) is 0 Å². The van der Waals surface area contributed by atoms with Gasteiger partial charge < -0.3 is 10.1 Å². The van der Waals surface area contributed by atoms with Crippen molar-refractivity contribution in [3.8, 4) is 5.75 Å². The molecule has 0 radical (unpaired) electrons. The van der Waals surface area contributed by atoms with Crippen molar-refractivity contribution in [2.75, 3.05) is 19.0 Å². The van der Waals surface area contributed by atoms with Crippen LogP contribution in [0.1, 0.15) is 5.56 Å². The summed E-state index contributed by atoms with van der Waals surface area (Å²) in [6, 6.07) is 10.5. The van der Waals surface area contributed by atoms with Gasteiger partial charge >= 0.3 is 0 Å². The van der Waals surface area contributed by atoms with Crippen molar-refractivity contribution >= 4 is 52.2 Å². The molecule has 0 unspecified atom stereocenters. The fraction of sp³-hybridized carbons (Fsp3) is 0.105. The van der Waals surface area contributed by atoms with Gasteiger partial charge in [-0.15, -0.1) is 0 Å². The van der Waals surface area contributed by atoms with Crippen LogP contribution in [0.4, 0.5) is 14.9 Å². The molecular formula is C19H14ClFN2O4S. The molecule has 0 atom stereocenters. The Kier molecular flexibility index (Phi) is 6.01. The highest BCUT2D eigenvalue weighted by Gasteiger charge is 2.31. The van der Waals surface area contributed by atoms with E-state index < -0.39 is 11.7 Å². The Morgan fingerprint density at radius 2 is 2.04 bits per heavy atom. The highest BCUT2D eigenvalue weighted by Crippen LogP contribution is 2.32. The molecular weight excluding hydrogens is 407 g/mol. The standard InChI is InChI=1S/C19H14ClFN2O4S/c1-23-18(25)16(28-19(23)26)9-11-6-7-15(12(20)8-11)27-10-17(24)22-14-5-3-2-4-13(14)21/h2-9H,10H2,1H3,(H,22,24)/b16-9+. The number of nitrogens with zero attached hydrogens (tertiary/aromatic N) is 1. The van der Waals surface area contributed by atoms with Crippen molar-refractivity contribution in [3.63, 3.8) is 0 Å². The molecule has 3 rings (SSSR count). The number of carbonyl (C=O) groups excluding carboxylic acids is 3. The second-order valence-electron chi connectivity index (χ2n) is 5.75. The largest absolute Gasteiger partial charge is 0.482 e. The molecule has 144 valence electrons. The molecule has 1 aliphatic heterocycles. The quantitative estimate of drug-likeness (QED) is 0.735. The van der Waals surface area contributed by atoms with Gasteiger partial charge in [0, 0.05) is 7.05 Å². The first-order valence-electron chi connectivity index (χ1n) is 8.03. The molecule has 1 saturated heterocycles. The molecule has 1 fully saturated rings. The van der Waals surface area contributed by atoms with E-state index in [0.29, 0.717) is 10.5 Å². The van der Waals surface area contributed by atoms with E-state index >= 15 is 0 Å². The number of anilines is 1. The number of rotatable bonds is 5. The van der Waals surface area contributed by atoms with E-state index in [9.17, 15) is 18.8 Å². The summed E-state index contributed by atoms with van der Waals surface area (Å²) in [6.07, 6.45) is 1.55. The zero-order valence-electron chi connectivity index (χ0n) is 14.6. The molecule has 9 heteroatoms. The van der Waals surface area contributed by atoms with Crippen LogP contribution in [0.5, 0.6) is 5.75 Å². The number of hydrogen-bond donors (Lipinski definition) is 1. The van der Waals surface area contributed by atoms with E-state index in [1.165, 1.54) is 25.2 Å². The maximum absolute atomic E-state index is 13.5. The Balaban J connectivity index is 1.63. The number of para-hydroxylation sites is 1. The Morgan fingerprint density at radius 3 is 2.68 bits per heavy atom. The van der Waals surface area contributed by atoms with Crippen molar-refractivity contribution in [1.29, 1.82) is 0 Å². The summed E-state index contributed by atoms with van der Waals surface area (Å²) in [5.74, 6) is -1.21. The number of hydrogen-bond acceptors (Lipinski definition) is 5. The number of halogens is 2. The topological polar surface area (TPSA) is 75.7 Å². The highest BCUT2D eigenvalue weighted by atomic mass is 35.5. The van der Waals surface area contributed by atoms with Crippen molar-refractivity contribution < 1.29 is 23.5 Å². The molecule has 0 saturated carbocycles. The number of amides is 3. The van der Waals surface area contributed by atoms with E-state index in [1.54, 1.807) is 30.3 Å². The lowest BCUT2D eigenvalue weighted by Gasteiger charge is -2.10. The molecule has 1 aliphatic rings. The summed E-state index contributed by atoms with van der Waals surface area (Å²) in [6.45, 7) is -0.359. The van der Waals surface area contributed by atoms with Crippen LogP contribution >= 0.6 is 23.4 Å². The second-order valence-corrected chi connectivity index (χ2v) is 7.15. The normalized spacial score (nSPS) is 15.2. The monoisotopic (exact) mass is 420 g/mol. The van der Waals surface area contributed by atoms with Gasteiger partial charge in [-0.3, -0.25) is 19.3 Å². The fourth-order valence-corrected chi connectivity index (χ4v) is 3.38. The molecule has 0 aliphatic carbocycles. The van der Waals surface area contributed by atoms with E-state index in [0.717, 1.165) is 16.7 Å². The molecule has 0 spiro atoms. The third-order valence-corrected chi connectivity index (χ3v) is 5.00. The number of likely N-dealkylation sites (N-methyl/N-ethyl adjacent to an activating group) is 1. The first-order chi connectivity index (χ1) is 13.3. The molecule has 6 nitrogen and oxygen atoms in total. The number of nitrogens with one attached hydrogen (secondary N) is 1. The smallest absolute Gasteiger partial charge is 0.293 e. The predicted molar refractivity (Wildman–Crippen MR) is 106 cm³/mol. The Morgan fingerprint density at radius 1 is 1.29 bits per heavy atom. The molecule has 2 aromatic carbocycles. The van der Waals surface area contributed by atoms with E-state index in [1.807, 2.05) is 0 Å². The molecule has 2 aromatic rings. The number of carbonyl (C=O) groups is 3. The van der Waals surface area contributed by atoms with Gasteiger partial charge in [-0.1, -0.05) is 29.8 Å². The summed E-state index contributed by atoms with van der Waals surface area (Å²) < 4.78 is 18.9. The number of imide groups is 1. The van der Waals surface area contributed by atoms with Gasteiger partial charge in [-0.25, -0.2) is 4.39 Å². The van der Waals surface area contributed by atoms with Gasteiger partial charge in [0.05, 0.1) is 15.6 Å². The van der Waals surface area contributed by atoms with Crippen LogP contribution in [0.25, 0.3) is 6.08 Å². The van der Waals surface area contributed by atoms with Crippen LogP contribution in [0.15, 0.2) is 47.4 Å². The van der Waals surface area contributed by atoms with E-state index in [2.05, 4.69) is 5.32 Å². The summed E-state index contributed by atoms with van der Waals surface area (Å²) in [4.78, 5) is 36.7. The fourth-order valence-electron chi connectivity index (χ4n) is 2.31. The third-order valence-electron chi connectivity index (χ3n) is 3.75. The third kappa shape index (κ3) is 4.52. The van der Waals surface area contributed by atoms with Crippen molar-refractivity contribution in [2.45, 2.75) is 0 Å². The van der Waals surface area contributed by atoms with E-state index in [4.69, 9.17) is 16.3 Å². The van der Waals surface area contributed by atoms with Gasteiger partial charge in [0.15, 0.2) is 6.61 Å². The lowest BCUT2D eigenvalue weighted by molar-refractivity contribution is -0.121. The average molecular weight is 421 g/mol. The zero-order valence-corrected chi connectivity index (χ0v) is 16.1. The van der Waals surface area contributed by atoms with Crippen LogP contribution in [0.2, 0.25) is 5.02 Å². The Labute approximate surface area is 169 Å². The van der Waals surface area contributed by atoms with Crippen LogP contribution in [0.3, 0.4) is 0 Å². The molecule has 3 amide bonds. The minimum Gasteiger partial charge on any atom is -0.482 e. The molecule has 1 heterocycles. The highest BCUT2D eigenvalue weighted by molar-refractivity contribution is 8.18. The average Bonchev–Trinajstić information content (AvgIpc) is 2.90. The van der Waals surface area contributed by atoms with Crippen LogP contribution < -0.4 is 10.1 Å². The van der Waals surface area contributed by atoms with E-state index in [-0.39, 0.29) is 34.2 Å². The molecule has 0 aromatic heterocycles. The summed E-state index contributed by atoms with van der Waals surface area (Å²) in [7, 11) is 1.41. The van der Waals surface area contributed by atoms with Crippen molar-refractivity contribution in [2.24, 2.45) is 0 Å². The van der Waals surface area contributed by atoms with Crippen molar-refractivity contribution in [1.82, 2.24) is 4.90 Å². The number of benzene rings is 2. The SMILES string of the molecule is CN1C(=O)S/C(=C/c2ccc(OCC(=O)Nc3ccccc3F)c(Cl)c2)C1=O. The van der Waals surface area contributed by atoms with Gasteiger partial charge in [0.25, 0.3) is 17.1 Å². The van der Waals surface area contributed by atoms with Gasteiger partial charge in [0.2, 0.25) is 0 Å². The van der Waals surface area contributed by atoms with Gasteiger partial charge in [-0.05, 0) is 47.7 Å². The summed E-state index contributed by atoms with van der Waals surface area (Å²) >= 11 is 7.01. The Bertz CT molecular complexity index is 996. The van der Waals surface area contributed by atoms with Gasteiger partial charge in [0.1, 0.15) is 11.6 Å². The lowest BCUT2D eigenvalue weighted by atomic mass is 10.2. The lowest BCUT2D eigenvalue weighted by Crippen LogP contribution is -2.22. The predicted octanol–water partition coefficient (Wildman–Crippen LogP) is 4.16. The number of thioether (sulfide) groups is 1. The first-order valence-corrected chi connectivity index (χ1v) is 9.23.